The van der Waals surface area contributed by atoms with Crippen LogP contribution in [0, 0.1) is 6.67 Å². The van der Waals surface area contributed by atoms with Gasteiger partial charge in [0.2, 0.25) is 11.4 Å². The Morgan fingerprint density at radius 3 is 1.72 bits per heavy atom. The number of quaternary nitrogens is 2. The Morgan fingerprint density at radius 1 is 0.509 bits per heavy atom. The van der Waals surface area contributed by atoms with E-state index in [4.69, 9.17) is 9.72 Å². The zero-order valence-corrected chi connectivity index (χ0v) is 32.4. The third-order valence-electron chi connectivity index (χ3n) is 11.4. The summed E-state index contributed by atoms with van der Waals surface area (Å²) in [5.41, 5.74) is 11.3. The Balaban J connectivity index is 1.14. The molecule has 1 saturated heterocycles. The molecule has 2 aliphatic rings. The summed E-state index contributed by atoms with van der Waals surface area (Å²) in [5, 5.41) is 2.39. The molecule has 0 spiro atoms. The van der Waals surface area contributed by atoms with Gasteiger partial charge in [0.25, 0.3) is 0 Å². The zero-order chi connectivity index (χ0) is 37.1. The van der Waals surface area contributed by atoms with Crippen molar-refractivity contribution < 1.29 is 4.74 Å². The molecule has 0 N–H and O–H groups in total. The van der Waals surface area contributed by atoms with Crippen LogP contribution in [-0.4, -0.2) is 9.55 Å². The van der Waals surface area contributed by atoms with E-state index >= 15 is 0 Å². The fraction of sp³-hybridized carbons (Fsp3) is 0.250. The predicted molar refractivity (Wildman–Crippen MR) is 221 cm³/mol. The molecular formula is C48H49N4O+. The largest absolute Gasteiger partial charge is 0.457 e. The highest BCUT2D eigenvalue weighted by Gasteiger charge is 2.77. The monoisotopic (exact) mass is 697 g/mol. The Labute approximate surface area is 313 Å². The van der Waals surface area contributed by atoms with Crippen molar-refractivity contribution in [1.82, 2.24) is 18.7 Å². The molecule has 5 heteroatoms. The highest BCUT2D eigenvalue weighted by Crippen LogP contribution is 2.75. The van der Waals surface area contributed by atoms with E-state index in [1.807, 2.05) is 6.20 Å². The van der Waals surface area contributed by atoms with E-state index < -0.39 is 0 Å². The van der Waals surface area contributed by atoms with Gasteiger partial charge in [-0.1, -0.05) is 105 Å². The van der Waals surface area contributed by atoms with E-state index in [2.05, 4.69) is 195 Å². The number of nitrogens with zero attached hydrogens (tertiary/aromatic N) is 4. The number of aromatic nitrogens is 2. The summed E-state index contributed by atoms with van der Waals surface area (Å²) >= 11 is 0. The molecule has 2 aliphatic heterocycles. The van der Waals surface area contributed by atoms with Crippen molar-refractivity contribution in [1.29, 1.82) is 0 Å². The fourth-order valence-corrected chi connectivity index (χ4v) is 8.32. The van der Waals surface area contributed by atoms with Crippen LogP contribution in [0.2, 0.25) is 0 Å². The SMILES string of the molecule is CC(C)(C)c1cccc([N@+]23[CH-][N+]2(c2cccc(Oc4ccc5c6ccc(C(C)(C)C)cc6n(-c6cc(C(C)(C)C)ccn6)c5c4)c2)c2ccccc23)c1. The molecule has 0 amide bonds. The van der Waals surface area contributed by atoms with Crippen molar-refractivity contribution in [3.63, 3.8) is 0 Å². The highest BCUT2D eigenvalue weighted by molar-refractivity contribution is 6.09. The van der Waals surface area contributed by atoms with Gasteiger partial charge in [0.15, 0.2) is 18.0 Å². The molecule has 9 rings (SSSR count). The maximum absolute atomic E-state index is 6.78. The van der Waals surface area contributed by atoms with E-state index in [0.717, 1.165) is 28.4 Å². The first-order valence-electron chi connectivity index (χ1n) is 18.8. The normalized spacial score (nSPS) is 19.5. The molecule has 0 radical (unpaired) electrons. The van der Waals surface area contributed by atoms with Crippen LogP contribution in [-0.2, 0) is 16.2 Å². The number of pyridine rings is 1. The summed E-state index contributed by atoms with van der Waals surface area (Å²) in [7, 11) is 0. The molecule has 7 aromatic rings. The van der Waals surface area contributed by atoms with E-state index in [0.29, 0.717) is 9.18 Å². The van der Waals surface area contributed by atoms with Gasteiger partial charge in [0, 0.05) is 59.4 Å². The summed E-state index contributed by atoms with van der Waals surface area (Å²) in [6.07, 6.45) is 1.94. The van der Waals surface area contributed by atoms with E-state index in [9.17, 15) is 0 Å². The molecule has 0 bridgehead atoms. The van der Waals surface area contributed by atoms with Gasteiger partial charge >= 0.3 is 0 Å². The number of ether oxygens (including phenoxy) is 1. The maximum atomic E-state index is 6.78. The molecule has 0 saturated carbocycles. The first-order chi connectivity index (χ1) is 25.1. The van der Waals surface area contributed by atoms with Crippen LogP contribution in [0.15, 0.2) is 128 Å². The molecule has 2 atom stereocenters. The average Bonchev–Trinajstić information content (AvgIpc) is 3.61. The Hall–Kier alpha value is -5.23. The molecule has 5 nitrogen and oxygen atoms in total. The van der Waals surface area contributed by atoms with E-state index in [1.165, 1.54) is 50.2 Å². The van der Waals surface area contributed by atoms with Gasteiger partial charge in [0.1, 0.15) is 17.3 Å². The Bertz CT molecular complexity index is 2590. The summed E-state index contributed by atoms with van der Waals surface area (Å²) in [5.74, 6) is 2.52. The minimum absolute atomic E-state index is 0.00402. The molecule has 1 fully saturated rings. The van der Waals surface area contributed by atoms with Crippen molar-refractivity contribution >= 4 is 44.6 Å². The topological polar surface area (TPSA) is 27.1 Å². The first kappa shape index (κ1) is 33.6. The van der Waals surface area contributed by atoms with Crippen molar-refractivity contribution in [2.45, 2.75) is 78.6 Å². The summed E-state index contributed by atoms with van der Waals surface area (Å²) in [4.78, 5) is 4.94. The number of hydrogen-bond donors (Lipinski definition) is 0. The fourth-order valence-electron chi connectivity index (χ4n) is 8.32. The van der Waals surface area contributed by atoms with Crippen LogP contribution in [0.5, 0.6) is 11.5 Å². The quantitative estimate of drug-likeness (QED) is 0.102. The summed E-state index contributed by atoms with van der Waals surface area (Å²) < 4.78 is 10.4. The lowest BCUT2D eigenvalue weighted by Crippen LogP contribution is -2.46. The third kappa shape index (κ3) is 5.01. The second kappa shape index (κ2) is 11.1. The zero-order valence-electron chi connectivity index (χ0n) is 32.4. The standard InChI is InChI=1S/C48H49N4O/c1-46(2,3)32-14-12-15-35(26-32)51-31-52(51,44-19-11-10-18-43(44)51)36-16-13-17-37(29-36)53-38-21-23-40-39-22-20-33(47(4,5)6)27-41(39)50(42(40)30-38)45-28-34(24-25-49-45)48(7,8)9/h10-31H,1-9H3/q+1/t51-,52?/m0/s1. The third-order valence-corrected chi connectivity index (χ3v) is 11.4. The smallest absolute Gasteiger partial charge is 0.225 e. The predicted octanol–water partition coefficient (Wildman–Crippen LogP) is 13.2. The molecule has 5 aromatic carbocycles. The Kier molecular flexibility index (Phi) is 7.06. The van der Waals surface area contributed by atoms with Gasteiger partial charge in [0.05, 0.1) is 11.0 Å². The molecule has 1 unspecified atom stereocenters. The van der Waals surface area contributed by atoms with Gasteiger partial charge in [-0.15, -0.1) is 0 Å². The average molecular weight is 698 g/mol. The molecule has 2 aromatic heterocycles. The van der Waals surface area contributed by atoms with Crippen LogP contribution in [0.3, 0.4) is 0 Å². The minimum Gasteiger partial charge on any atom is -0.457 e. The first-order valence-corrected chi connectivity index (χ1v) is 18.8. The summed E-state index contributed by atoms with van der Waals surface area (Å²) in [6.45, 7) is 22.8. The second-order valence-corrected chi connectivity index (χ2v) is 18.0. The van der Waals surface area contributed by atoms with Gasteiger partial charge in [-0.2, -0.15) is 9.18 Å². The molecular weight excluding hydrogens is 649 g/mol. The van der Waals surface area contributed by atoms with Crippen LogP contribution >= 0.6 is 0 Å². The molecule has 0 aliphatic carbocycles. The number of para-hydroxylation sites is 2. The van der Waals surface area contributed by atoms with Crippen LogP contribution < -0.4 is 13.9 Å². The number of fused-ring (bicyclic) bond motifs is 7. The van der Waals surface area contributed by atoms with E-state index in [-0.39, 0.29) is 16.2 Å². The molecule has 4 heterocycles. The highest BCUT2D eigenvalue weighted by atomic mass is 16.5. The van der Waals surface area contributed by atoms with Gasteiger partial charge in [-0.3, -0.25) is 4.57 Å². The lowest BCUT2D eigenvalue weighted by Gasteiger charge is -2.40. The van der Waals surface area contributed by atoms with Crippen molar-refractivity contribution in [2.75, 3.05) is 0 Å². The van der Waals surface area contributed by atoms with Gasteiger partial charge < -0.3 is 4.74 Å². The number of hydrogen-bond acceptors (Lipinski definition) is 2. The number of benzene rings is 5. The second-order valence-electron chi connectivity index (χ2n) is 18.0. The number of rotatable bonds is 5. The minimum atomic E-state index is -0.00402. The van der Waals surface area contributed by atoms with Crippen molar-refractivity contribution in [3.05, 3.63) is 151 Å². The van der Waals surface area contributed by atoms with Crippen LogP contribution in [0.4, 0.5) is 22.7 Å². The van der Waals surface area contributed by atoms with Crippen molar-refractivity contribution in [3.8, 4) is 17.3 Å². The lowest BCUT2D eigenvalue weighted by molar-refractivity contribution is 0.423. The summed E-state index contributed by atoms with van der Waals surface area (Å²) in [6, 6.07) is 44.3. The van der Waals surface area contributed by atoms with Crippen LogP contribution in [0.1, 0.15) is 79.0 Å². The van der Waals surface area contributed by atoms with Crippen molar-refractivity contribution in [2.24, 2.45) is 0 Å². The molecule has 266 valence electrons. The van der Waals surface area contributed by atoms with Crippen LogP contribution in [0.25, 0.3) is 27.6 Å². The van der Waals surface area contributed by atoms with Gasteiger partial charge in [-0.05, 0) is 69.3 Å². The molecule has 53 heavy (non-hydrogen) atoms. The lowest BCUT2D eigenvalue weighted by atomic mass is 9.86. The van der Waals surface area contributed by atoms with E-state index in [1.54, 1.807) is 0 Å². The Morgan fingerprint density at radius 2 is 1.06 bits per heavy atom. The van der Waals surface area contributed by atoms with Gasteiger partial charge in [-0.25, -0.2) is 4.98 Å². The maximum Gasteiger partial charge on any atom is 0.225 e.